The van der Waals surface area contributed by atoms with Gasteiger partial charge in [0.15, 0.2) is 11.6 Å². The quantitative estimate of drug-likeness (QED) is 0.152. The molecule has 202 valence electrons. The van der Waals surface area contributed by atoms with Gasteiger partial charge in [-0.2, -0.15) is 4.98 Å². The molecule has 5 rings (SSSR count). The molecule has 0 N–H and O–H groups in total. The van der Waals surface area contributed by atoms with E-state index in [1.807, 2.05) is 0 Å². The number of carbonyl (C=O) groups excluding carboxylic acids is 2. The van der Waals surface area contributed by atoms with E-state index < -0.39 is 28.3 Å². The standard InChI is InChI=1S/C29H22F2N4O5/c30-21-10-4-18(5-11-21)26(36)19-8-14-23(15-9-19)40-29-25(35(38)39)28(32-17-33-29)34-16-2-1-3-24(34)27(37)20-6-12-22(31)13-7-20/h4-15,17,24H,1-3,16H2. The molecule has 3 aromatic carbocycles. The summed E-state index contributed by atoms with van der Waals surface area (Å²) in [7, 11) is 0. The Morgan fingerprint density at radius 3 is 2.02 bits per heavy atom. The van der Waals surface area contributed by atoms with Crippen molar-refractivity contribution in [2.75, 3.05) is 11.4 Å². The van der Waals surface area contributed by atoms with Crippen LogP contribution >= 0.6 is 0 Å². The number of nitrogens with zero attached hydrogens (tertiary/aromatic N) is 4. The average Bonchev–Trinajstić information content (AvgIpc) is 2.97. The van der Waals surface area contributed by atoms with Gasteiger partial charge < -0.3 is 9.64 Å². The fourth-order valence-corrected chi connectivity index (χ4v) is 4.62. The van der Waals surface area contributed by atoms with Crippen molar-refractivity contribution in [3.05, 3.63) is 118 Å². The van der Waals surface area contributed by atoms with Crippen molar-refractivity contribution in [1.29, 1.82) is 0 Å². The number of benzene rings is 3. The summed E-state index contributed by atoms with van der Waals surface area (Å²) in [5.74, 6) is -1.76. The van der Waals surface area contributed by atoms with Crippen molar-refractivity contribution in [2.24, 2.45) is 0 Å². The molecule has 1 aliphatic heterocycles. The Hall–Kier alpha value is -5.06. The molecule has 0 saturated carbocycles. The van der Waals surface area contributed by atoms with Crippen LogP contribution in [0.15, 0.2) is 79.1 Å². The predicted molar refractivity (Wildman–Crippen MR) is 141 cm³/mol. The van der Waals surface area contributed by atoms with Crippen LogP contribution in [0.5, 0.6) is 11.6 Å². The zero-order valence-electron chi connectivity index (χ0n) is 21.0. The van der Waals surface area contributed by atoms with Crippen LogP contribution in [0, 0.1) is 21.7 Å². The van der Waals surface area contributed by atoms with Crippen molar-refractivity contribution in [3.8, 4) is 11.6 Å². The van der Waals surface area contributed by atoms with Gasteiger partial charge in [-0.25, -0.2) is 13.8 Å². The Morgan fingerprint density at radius 1 is 0.850 bits per heavy atom. The summed E-state index contributed by atoms with van der Waals surface area (Å²) in [6.45, 7) is 0.342. The van der Waals surface area contributed by atoms with Crippen molar-refractivity contribution in [3.63, 3.8) is 0 Å². The van der Waals surface area contributed by atoms with Gasteiger partial charge in [0.25, 0.3) is 0 Å². The highest BCUT2D eigenvalue weighted by atomic mass is 19.1. The van der Waals surface area contributed by atoms with Crippen LogP contribution in [0.25, 0.3) is 0 Å². The van der Waals surface area contributed by atoms with Crippen molar-refractivity contribution in [1.82, 2.24) is 9.97 Å². The Morgan fingerprint density at radius 2 is 1.43 bits per heavy atom. The molecule has 1 aromatic heterocycles. The molecular weight excluding hydrogens is 522 g/mol. The van der Waals surface area contributed by atoms with E-state index in [2.05, 4.69) is 9.97 Å². The third-order valence-corrected chi connectivity index (χ3v) is 6.60. The van der Waals surface area contributed by atoms with E-state index in [-0.39, 0.29) is 29.0 Å². The Bertz CT molecular complexity index is 1560. The number of ketones is 2. The summed E-state index contributed by atoms with van der Waals surface area (Å²) in [4.78, 5) is 47.2. The molecule has 0 radical (unpaired) electrons. The lowest BCUT2D eigenvalue weighted by Gasteiger charge is -2.35. The van der Waals surface area contributed by atoms with Gasteiger partial charge in [-0.3, -0.25) is 19.7 Å². The minimum atomic E-state index is -0.739. The van der Waals surface area contributed by atoms with E-state index in [0.717, 1.165) is 12.7 Å². The number of hydrogen-bond donors (Lipinski definition) is 0. The molecule has 0 amide bonds. The largest absolute Gasteiger partial charge is 0.434 e. The van der Waals surface area contributed by atoms with E-state index in [9.17, 15) is 28.5 Å². The monoisotopic (exact) mass is 544 g/mol. The molecule has 0 spiro atoms. The maximum absolute atomic E-state index is 13.4. The van der Waals surface area contributed by atoms with Crippen LogP contribution in [0.1, 0.15) is 45.5 Å². The summed E-state index contributed by atoms with van der Waals surface area (Å²) < 4.78 is 32.3. The van der Waals surface area contributed by atoms with Crippen LogP contribution in [0.3, 0.4) is 0 Å². The maximum Gasteiger partial charge on any atom is 0.373 e. The minimum absolute atomic E-state index is 0.0572. The van der Waals surface area contributed by atoms with Crippen LogP contribution < -0.4 is 9.64 Å². The molecule has 40 heavy (non-hydrogen) atoms. The molecule has 11 heteroatoms. The predicted octanol–water partition coefficient (Wildman–Crippen LogP) is 5.93. The van der Waals surface area contributed by atoms with Crippen LogP contribution in [-0.2, 0) is 0 Å². The molecule has 9 nitrogen and oxygen atoms in total. The molecule has 4 aromatic rings. The number of carbonyl (C=O) groups is 2. The lowest BCUT2D eigenvalue weighted by Crippen LogP contribution is -2.45. The van der Waals surface area contributed by atoms with Crippen molar-refractivity contribution < 1.29 is 28.0 Å². The van der Waals surface area contributed by atoms with Crippen molar-refractivity contribution >= 4 is 23.1 Å². The number of Topliss-reactive ketones (excluding diaryl/α,β-unsaturated/α-hetero) is 1. The molecule has 1 aliphatic rings. The number of hydrogen-bond acceptors (Lipinski definition) is 8. The first-order valence-corrected chi connectivity index (χ1v) is 12.5. The molecule has 0 bridgehead atoms. The van der Waals surface area contributed by atoms with Gasteiger partial charge in [0, 0.05) is 23.2 Å². The van der Waals surface area contributed by atoms with E-state index in [4.69, 9.17) is 4.74 Å². The summed E-state index contributed by atoms with van der Waals surface area (Å²) in [6.07, 6.45) is 2.99. The number of aromatic nitrogens is 2. The first kappa shape index (κ1) is 26.5. The lowest BCUT2D eigenvalue weighted by molar-refractivity contribution is -0.385. The van der Waals surface area contributed by atoms with Gasteiger partial charge in [0.2, 0.25) is 5.82 Å². The van der Waals surface area contributed by atoms with Crippen LogP contribution in [0.4, 0.5) is 20.3 Å². The highest BCUT2D eigenvalue weighted by Gasteiger charge is 2.37. The number of anilines is 1. The second-order valence-electron chi connectivity index (χ2n) is 9.15. The molecule has 2 heterocycles. The highest BCUT2D eigenvalue weighted by Crippen LogP contribution is 2.39. The highest BCUT2D eigenvalue weighted by molar-refractivity contribution is 6.09. The lowest BCUT2D eigenvalue weighted by atomic mass is 9.94. The first-order valence-electron chi connectivity index (χ1n) is 12.5. The Labute approximate surface area is 227 Å². The topological polar surface area (TPSA) is 116 Å². The second-order valence-corrected chi connectivity index (χ2v) is 9.15. The molecule has 1 unspecified atom stereocenters. The van der Waals surface area contributed by atoms with Crippen LogP contribution in [-0.4, -0.2) is 39.0 Å². The number of nitro groups is 1. The van der Waals surface area contributed by atoms with Gasteiger partial charge >= 0.3 is 11.6 Å². The third kappa shape index (κ3) is 5.53. The summed E-state index contributed by atoms with van der Waals surface area (Å²) in [6, 6.07) is 15.4. The summed E-state index contributed by atoms with van der Waals surface area (Å²) in [5.41, 5.74) is 0.402. The number of halogens is 2. The third-order valence-electron chi connectivity index (χ3n) is 6.60. The van der Waals surface area contributed by atoms with Gasteiger partial charge in [0.1, 0.15) is 23.7 Å². The smallest absolute Gasteiger partial charge is 0.373 e. The summed E-state index contributed by atoms with van der Waals surface area (Å²) in [5, 5.41) is 12.2. The molecule has 1 fully saturated rings. The minimum Gasteiger partial charge on any atom is -0.434 e. The Balaban J connectivity index is 1.42. The van der Waals surface area contributed by atoms with Crippen LogP contribution in [0.2, 0.25) is 0 Å². The van der Waals surface area contributed by atoms with E-state index in [1.54, 1.807) is 4.90 Å². The van der Waals surface area contributed by atoms with E-state index >= 15 is 0 Å². The Kier molecular flexibility index (Phi) is 7.54. The van der Waals surface area contributed by atoms with Gasteiger partial charge in [-0.1, -0.05) is 0 Å². The number of ether oxygens (including phenoxy) is 1. The fourth-order valence-electron chi connectivity index (χ4n) is 4.62. The fraction of sp³-hybridized carbons (Fsp3) is 0.172. The first-order chi connectivity index (χ1) is 19.3. The van der Waals surface area contributed by atoms with Gasteiger partial charge in [0.05, 0.1) is 11.0 Å². The zero-order valence-corrected chi connectivity index (χ0v) is 21.0. The molecule has 1 saturated heterocycles. The number of piperidine rings is 1. The SMILES string of the molecule is O=C(c1ccc(F)cc1)c1ccc(Oc2ncnc(N3CCCCC3C(=O)c3ccc(F)cc3)c2[N+](=O)[O-])cc1. The average molecular weight is 545 g/mol. The van der Waals surface area contributed by atoms with E-state index in [0.29, 0.717) is 36.1 Å². The van der Waals surface area contributed by atoms with Gasteiger partial charge in [-0.05, 0) is 92.1 Å². The van der Waals surface area contributed by atoms with E-state index in [1.165, 1.54) is 72.8 Å². The normalized spacial score (nSPS) is 14.9. The maximum atomic E-state index is 13.4. The molecule has 0 aliphatic carbocycles. The summed E-state index contributed by atoms with van der Waals surface area (Å²) >= 11 is 0. The second kappa shape index (κ2) is 11.4. The molecular formula is C29H22F2N4O5. The van der Waals surface area contributed by atoms with Crippen molar-refractivity contribution in [2.45, 2.75) is 25.3 Å². The molecule has 1 atom stereocenters. The number of rotatable bonds is 8. The zero-order chi connectivity index (χ0) is 28.2. The van der Waals surface area contributed by atoms with Gasteiger partial charge in [-0.15, -0.1) is 0 Å².